The zero-order chi connectivity index (χ0) is 76.5. The second-order valence-corrected chi connectivity index (χ2v) is 25.4. The molecule has 0 fully saturated rings. The van der Waals surface area contributed by atoms with Gasteiger partial charge in [-0.3, -0.25) is 14.4 Å². The molecule has 9 aromatic rings. The third-order valence-corrected chi connectivity index (χ3v) is 19.1. The largest absolute Gasteiger partial charge is 0.502 e. The van der Waals surface area contributed by atoms with Crippen LogP contribution in [-0.4, -0.2) is 75.7 Å². The maximum Gasteiger partial charge on any atom is 0.283 e. The van der Waals surface area contributed by atoms with Crippen LogP contribution in [0.25, 0.3) is 16.7 Å². The van der Waals surface area contributed by atoms with Crippen LogP contribution in [0.5, 0.6) is 51.7 Å². The van der Waals surface area contributed by atoms with Gasteiger partial charge in [0.15, 0.2) is 40.2 Å². The van der Waals surface area contributed by atoms with E-state index in [-0.39, 0.29) is 124 Å². The molecule has 1 aromatic heterocycles. The fraction of sp³-hybridized carbons (Fsp3) is 0.256. The molecule has 3 aliphatic rings. The smallest absolute Gasteiger partial charge is 0.283 e. The monoisotopic (exact) mass is 1460 g/mol. The van der Waals surface area contributed by atoms with Gasteiger partial charge in [0.25, 0.3) is 11.8 Å². The zero-order valence-corrected chi connectivity index (χ0v) is 59.2. The van der Waals surface area contributed by atoms with E-state index >= 15 is 22.0 Å². The Labute approximate surface area is 606 Å². The lowest BCUT2D eigenvalue weighted by Gasteiger charge is -2.27. The number of nitrogens with one attached hydrogen (secondary N) is 3. The summed E-state index contributed by atoms with van der Waals surface area (Å²) >= 11 is 0. The molecule has 24 heteroatoms. The molecule has 0 radical (unpaired) electrons. The second-order valence-electron chi connectivity index (χ2n) is 25.4. The Balaban J connectivity index is 0.000000170. The molecular weight excluding hydrogens is 1390 g/mol. The summed E-state index contributed by atoms with van der Waals surface area (Å²) in [6.45, 7) is 5.45. The second kappa shape index (κ2) is 32.5. The Morgan fingerprint density at radius 1 is 0.443 bits per heavy atom. The number of aromatic hydroxyl groups is 3. The van der Waals surface area contributed by atoms with Crippen molar-refractivity contribution in [3.8, 4) is 51.7 Å². The molecule has 3 unspecified atom stereocenters. The predicted octanol–water partition coefficient (Wildman–Crippen LogP) is 16.9. The lowest BCUT2D eigenvalue weighted by Crippen LogP contribution is -2.24. The van der Waals surface area contributed by atoms with Crippen molar-refractivity contribution in [2.75, 3.05) is 42.7 Å². The first-order valence-electron chi connectivity index (χ1n) is 33.3. The topological polar surface area (TPSA) is 217 Å². The highest BCUT2D eigenvalue weighted by molar-refractivity contribution is 5.95. The number of phenols is 3. The zero-order valence-electron chi connectivity index (χ0n) is 59.2. The first-order valence-corrected chi connectivity index (χ1v) is 33.3. The first kappa shape index (κ1) is 76.9. The molecular formula is C82H77F8N3O13. The quantitative estimate of drug-likeness (QED) is 0.0311. The van der Waals surface area contributed by atoms with Crippen LogP contribution in [0.3, 0.4) is 0 Å². The van der Waals surface area contributed by atoms with E-state index in [2.05, 4.69) is 16.0 Å². The van der Waals surface area contributed by atoms with Gasteiger partial charge < -0.3 is 64.1 Å². The number of allylic oxidation sites excluding steroid dienone is 3. The Hall–Kier alpha value is -11.7. The van der Waals surface area contributed by atoms with Crippen LogP contribution in [-0.2, 0) is 58.0 Å². The summed E-state index contributed by atoms with van der Waals surface area (Å²) in [6, 6.07) is 40.6. The summed E-state index contributed by atoms with van der Waals surface area (Å²) in [5.74, 6) is -13.4. The van der Waals surface area contributed by atoms with E-state index in [0.717, 1.165) is 47.5 Å². The van der Waals surface area contributed by atoms with E-state index in [4.69, 9.17) is 32.8 Å². The van der Waals surface area contributed by atoms with Gasteiger partial charge in [-0.25, -0.2) is 35.1 Å². The molecule has 0 saturated carbocycles. The summed E-state index contributed by atoms with van der Waals surface area (Å²) < 4.78 is 159. The Morgan fingerprint density at radius 2 is 0.802 bits per heavy atom. The fourth-order valence-electron chi connectivity index (χ4n) is 13.6. The molecule has 106 heavy (non-hydrogen) atoms. The van der Waals surface area contributed by atoms with Crippen LogP contribution in [0.15, 0.2) is 191 Å². The van der Waals surface area contributed by atoms with Crippen molar-refractivity contribution in [1.82, 2.24) is 16.0 Å². The number of carbonyl (C=O) groups is 3. The Morgan fingerprint density at radius 3 is 1.18 bits per heavy atom. The number of hydrogen-bond acceptors (Lipinski definition) is 13. The molecule has 3 aliphatic carbocycles. The van der Waals surface area contributed by atoms with Crippen molar-refractivity contribution in [2.24, 2.45) is 0 Å². The van der Waals surface area contributed by atoms with E-state index in [9.17, 15) is 42.9 Å². The molecule has 3 atom stereocenters. The minimum absolute atomic E-state index is 0.0803. The molecule has 16 nitrogen and oxygen atoms in total. The lowest BCUT2D eigenvalue weighted by molar-refractivity contribution is -0.121. The molecule has 0 aliphatic heterocycles. The van der Waals surface area contributed by atoms with Crippen LogP contribution in [0.1, 0.15) is 119 Å². The number of ether oxygens (including phenoxy) is 6. The first-order chi connectivity index (χ1) is 50.6. The lowest BCUT2D eigenvalue weighted by atomic mass is 9.85. The molecule has 0 bridgehead atoms. The predicted molar refractivity (Wildman–Crippen MR) is 381 cm³/mol. The number of fused-ring (bicyclic) bond motifs is 3. The molecule has 554 valence electrons. The minimum Gasteiger partial charge on any atom is -0.502 e. The number of alkyl halides is 5. The van der Waals surface area contributed by atoms with Crippen molar-refractivity contribution in [3.05, 3.63) is 271 Å². The van der Waals surface area contributed by atoms with Gasteiger partial charge in [-0.1, -0.05) is 90.0 Å². The molecule has 12 rings (SSSR count). The van der Waals surface area contributed by atoms with Crippen molar-refractivity contribution in [1.29, 1.82) is 0 Å². The van der Waals surface area contributed by atoms with E-state index in [1.165, 1.54) is 105 Å². The number of rotatable bonds is 24. The maximum absolute atomic E-state index is 16.8. The molecule has 1 heterocycles. The van der Waals surface area contributed by atoms with Crippen molar-refractivity contribution < 1.29 is 97.7 Å². The van der Waals surface area contributed by atoms with Gasteiger partial charge in [0, 0.05) is 36.2 Å². The molecule has 0 spiro atoms. The number of amides is 3. The molecule has 8 aromatic carbocycles. The number of hydrogen-bond donors (Lipinski definition) is 6. The van der Waals surface area contributed by atoms with Crippen molar-refractivity contribution in [3.63, 3.8) is 0 Å². The maximum atomic E-state index is 16.8. The third kappa shape index (κ3) is 16.1. The number of furan rings is 1. The van der Waals surface area contributed by atoms with Crippen molar-refractivity contribution >= 4 is 34.4 Å². The highest BCUT2D eigenvalue weighted by Gasteiger charge is 2.51. The van der Waals surface area contributed by atoms with Crippen LogP contribution < -0.4 is 44.4 Å². The van der Waals surface area contributed by atoms with Crippen LogP contribution in [0, 0.1) is 17.5 Å². The SMILES string of the molecule is COc1cc(C(F)(F)C2C(C)=C(CC(=O)NCc3ccccc3)c3cc(F)ccc32)cc(OC)c1O.COc1cc(C(F)(F)C2C(C)=C(CC(=O)NCc3ccco3)c3cc(F)ccc32)cc(OC)c1O.COc1cc(CC2(F)C(C)=C(CC(=O)NCc3ccccc3)c3cc(F)ccc32)cc(OC)c1O. The van der Waals surface area contributed by atoms with Gasteiger partial charge >= 0.3 is 0 Å². The number of methoxy groups -OCH3 is 6. The van der Waals surface area contributed by atoms with Gasteiger partial charge in [0.05, 0.1) is 86.6 Å². The number of phenolic OH excluding ortho intramolecular Hbond substituents is 3. The highest BCUT2D eigenvalue weighted by Crippen LogP contribution is 2.59. The third-order valence-electron chi connectivity index (χ3n) is 19.1. The number of benzene rings is 8. The fourth-order valence-corrected chi connectivity index (χ4v) is 13.6. The van der Waals surface area contributed by atoms with Gasteiger partial charge in [-0.05, 0) is 173 Å². The van der Waals surface area contributed by atoms with Crippen LogP contribution >= 0.6 is 0 Å². The van der Waals surface area contributed by atoms with Gasteiger partial charge in [0.1, 0.15) is 23.2 Å². The number of carbonyl (C=O) groups excluding carboxylic acids is 3. The molecule has 0 saturated heterocycles. The molecule has 3 amide bonds. The molecule has 6 N–H and O–H groups in total. The average molecular weight is 1460 g/mol. The standard InChI is InChI=1S/C28H26F3NO4.C28H27F2NO4.C26H24F3NO5/c1-16-21(14-25(33)32-15-17-7-5-4-6-8-17)22-13-19(29)9-10-20(22)26(16)28(30,31)18-11-23(35-2)27(34)24(12-18)36-3;1-17-21(14-26(32)31-16-18-7-5-4-6-8-18)22-13-20(29)9-10-23(22)28(17,30)15-19-11-24(34-2)27(33)25(12-19)35-3;1-14-19(12-23(31)30-13-17-5-4-8-35-17)20-11-16(27)6-7-18(20)24(14)26(28,29)15-9-21(33-2)25(32)22(10-15)34-3/h4-13,26,34H,14-15H2,1-3H3,(H,32,33);4-13,33H,14-16H2,1-3H3,(H,31,32);4-11,24,32H,12-13H2,1-3H3,(H,30,31). The average Bonchev–Trinajstić information content (AvgIpc) is 1.58. The highest BCUT2D eigenvalue weighted by atomic mass is 19.3. The van der Waals surface area contributed by atoms with Gasteiger partial charge in [0.2, 0.25) is 35.0 Å². The van der Waals surface area contributed by atoms with E-state index in [0.29, 0.717) is 51.3 Å². The van der Waals surface area contributed by atoms with E-state index in [1.54, 1.807) is 31.2 Å². The minimum atomic E-state index is -3.50. The van der Waals surface area contributed by atoms with Crippen LogP contribution in [0.2, 0.25) is 0 Å². The normalized spacial score (nSPS) is 15.6. The summed E-state index contributed by atoms with van der Waals surface area (Å²) in [5, 5.41) is 38.9. The summed E-state index contributed by atoms with van der Waals surface area (Å²) in [7, 11) is 7.79. The summed E-state index contributed by atoms with van der Waals surface area (Å²) in [4.78, 5) is 38.2. The Bertz CT molecular complexity index is 4780. The summed E-state index contributed by atoms with van der Waals surface area (Å²) in [5.41, 5.74) is 3.15. The summed E-state index contributed by atoms with van der Waals surface area (Å²) in [6.07, 6.45) is 0.897. The van der Waals surface area contributed by atoms with Crippen molar-refractivity contribution in [2.45, 2.75) is 95.4 Å². The number of halogens is 8. The Kier molecular flexibility index (Phi) is 23.6. The van der Waals surface area contributed by atoms with Gasteiger partial charge in [-0.15, -0.1) is 0 Å². The van der Waals surface area contributed by atoms with E-state index < -0.39 is 75.3 Å². The van der Waals surface area contributed by atoms with E-state index in [1.807, 2.05) is 60.7 Å². The van der Waals surface area contributed by atoms with Gasteiger partial charge in [-0.2, -0.15) is 0 Å². The van der Waals surface area contributed by atoms with Crippen LogP contribution in [0.4, 0.5) is 35.1 Å².